The molecule has 0 aromatic heterocycles. The van der Waals surface area contributed by atoms with Crippen molar-refractivity contribution < 1.29 is 14.3 Å². The zero-order valence-corrected chi connectivity index (χ0v) is 15.7. The van der Waals surface area contributed by atoms with Crippen LogP contribution in [0.5, 0.6) is 11.5 Å². The maximum absolute atomic E-state index is 11.9. The van der Waals surface area contributed by atoms with Crippen molar-refractivity contribution in [3.63, 3.8) is 0 Å². The summed E-state index contributed by atoms with van der Waals surface area (Å²) in [5.74, 6) is 1.01. The molecule has 1 amide bonds. The zero-order valence-electron chi connectivity index (χ0n) is 13.3. The van der Waals surface area contributed by atoms with E-state index in [2.05, 4.69) is 26.6 Å². The minimum atomic E-state index is -0.333. The van der Waals surface area contributed by atoms with Gasteiger partial charge >= 0.3 is 0 Å². The second-order valence-corrected chi connectivity index (χ2v) is 6.22. The van der Waals surface area contributed by atoms with Crippen LogP contribution in [0.2, 0.25) is 0 Å². The fraction of sp³-hybridized carbons (Fsp3) is 0.176. The van der Waals surface area contributed by atoms with Gasteiger partial charge in [0.2, 0.25) is 0 Å². The van der Waals surface area contributed by atoms with E-state index >= 15 is 0 Å². The first-order chi connectivity index (χ1) is 11.5. The summed E-state index contributed by atoms with van der Waals surface area (Å²) in [6, 6.07) is 12.9. The zero-order chi connectivity index (χ0) is 17.5. The maximum atomic E-state index is 11.9. The number of carbonyl (C=O) groups is 1. The van der Waals surface area contributed by atoms with Crippen LogP contribution in [0.3, 0.4) is 0 Å². The lowest BCUT2D eigenvalue weighted by Gasteiger charge is -2.11. The molecule has 0 bridgehead atoms. The van der Waals surface area contributed by atoms with Crippen LogP contribution < -0.4 is 20.1 Å². The average Bonchev–Trinajstić information content (AvgIpc) is 2.54. The number of anilines is 1. The van der Waals surface area contributed by atoms with Gasteiger partial charge in [-0.25, -0.2) is 0 Å². The van der Waals surface area contributed by atoms with Crippen LogP contribution in [-0.4, -0.2) is 24.7 Å². The monoisotopic (exact) mass is 408 g/mol. The van der Waals surface area contributed by atoms with Crippen LogP contribution in [0.15, 0.2) is 46.9 Å². The summed E-state index contributed by atoms with van der Waals surface area (Å²) in [5.41, 5.74) is 1.86. The van der Waals surface area contributed by atoms with E-state index in [0.717, 1.165) is 15.7 Å². The highest BCUT2D eigenvalue weighted by Crippen LogP contribution is 2.27. The molecule has 0 atom stereocenters. The summed E-state index contributed by atoms with van der Waals surface area (Å²) < 4.78 is 11.3. The van der Waals surface area contributed by atoms with E-state index < -0.39 is 0 Å². The Balaban J connectivity index is 1.82. The number of aryl methyl sites for hydroxylation is 1. The number of amides is 1. The van der Waals surface area contributed by atoms with Crippen LogP contribution in [0, 0.1) is 6.92 Å². The van der Waals surface area contributed by atoms with Gasteiger partial charge in [-0.2, -0.15) is 0 Å². The molecule has 7 heteroatoms. The fourth-order valence-electron chi connectivity index (χ4n) is 1.85. The number of hydrogen-bond acceptors (Lipinski definition) is 4. The van der Waals surface area contributed by atoms with E-state index in [1.165, 1.54) is 0 Å². The highest BCUT2D eigenvalue weighted by molar-refractivity contribution is 9.10. The molecule has 0 saturated heterocycles. The normalized spacial score (nSPS) is 9.96. The third-order valence-electron chi connectivity index (χ3n) is 3.05. The van der Waals surface area contributed by atoms with Gasteiger partial charge in [0, 0.05) is 5.69 Å². The molecule has 0 radical (unpaired) electrons. The van der Waals surface area contributed by atoms with Gasteiger partial charge in [0.1, 0.15) is 11.5 Å². The van der Waals surface area contributed by atoms with Crippen LogP contribution in [-0.2, 0) is 4.79 Å². The van der Waals surface area contributed by atoms with Crippen molar-refractivity contribution in [1.82, 2.24) is 5.32 Å². The Kier molecular flexibility index (Phi) is 6.57. The number of nitrogens with one attached hydrogen (secondary N) is 2. The predicted molar refractivity (Wildman–Crippen MR) is 102 cm³/mol. The molecule has 0 aliphatic carbocycles. The lowest BCUT2D eigenvalue weighted by atomic mass is 10.2. The number of ether oxygens (including phenoxy) is 2. The number of halogens is 1. The molecule has 2 N–H and O–H groups in total. The number of rotatable bonds is 5. The maximum Gasteiger partial charge on any atom is 0.264 e. The molecule has 0 fully saturated rings. The van der Waals surface area contributed by atoms with Crippen molar-refractivity contribution in [2.75, 3.05) is 19.0 Å². The van der Waals surface area contributed by atoms with Crippen molar-refractivity contribution in [3.05, 3.63) is 52.5 Å². The van der Waals surface area contributed by atoms with Crippen molar-refractivity contribution in [2.24, 2.45) is 0 Å². The van der Waals surface area contributed by atoms with Crippen molar-refractivity contribution in [2.45, 2.75) is 6.92 Å². The van der Waals surface area contributed by atoms with Crippen molar-refractivity contribution >= 4 is 44.9 Å². The number of benzene rings is 2. The summed E-state index contributed by atoms with van der Waals surface area (Å²) in [6.45, 7) is 1.87. The Bertz CT molecular complexity index is 735. The standard InChI is InChI=1S/C17H17BrN2O3S/c1-11-3-6-13(7-4-11)23-10-16(21)20-17(24)19-12-5-8-15(22-2)14(18)9-12/h3-9H,10H2,1-2H3,(H2,19,20,21,24). The second-order valence-electron chi connectivity index (χ2n) is 4.95. The van der Waals surface area contributed by atoms with E-state index in [0.29, 0.717) is 11.5 Å². The van der Waals surface area contributed by atoms with Crippen LogP contribution in [0.1, 0.15) is 5.56 Å². The molecule has 0 heterocycles. The van der Waals surface area contributed by atoms with E-state index in [1.54, 1.807) is 25.3 Å². The first-order valence-corrected chi connectivity index (χ1v) is 8.32. The van der Waals surface area contributed by atoms with Gasteiger partial charge in [-0.1, -0.05) is 17.7 Å². The molecule has 2 aromatic carbocycles. The minimum Gasteiger partial charge on any atom is -0.496 e. The Labute approximate surface area is 154 Å². The van der Waals surface area contributed by atoms with Crippen LogP contribution >= 0.6 is 28.1 Å². The summed E-state index contributed by atoms with van der Waals surface area (Å²) in [5, 5.41) is 5.70. The Hall–Kier alpha value is -2.12. The van der Waals surface area contributed by atoms with E-state index in [4.69, 9.17) is 21.7 Å². The van der Waals surface area contributed by atoms with Gasteiger partial charge in [-0.05, 0) is 65.4 Å². The molecule has 0 unspecified atom stereocenters. The summed E-state index contributed by atoms with van der Waals surface area (Å²) in [6.07, 6.45) is 0. The van der Waals surface area contributed by atoms with E-state index in [1.807, 2.05) is 31.2 Å². The first kappa shape index (κ1) is 18.2. The van der Waals surface area contributed by atoms with Crippen molar-refractivity contribution in [1.29, 1.82) is 0 Å². The highest BCUT2D eigenvalue weighted by atomic mass is 79.9. The molecule has 5 nitrogen and oxygen atoms in total. The number of hydrogen-bond donors (Lipinski definition) is 2. The minimum absolute atomic E-state index is 0.114. The molecular weight excluding hydrogens is 392 g/mol. The molecule has 126 valence electrons. The lowest BCUT2D eigenvalue weighted by Crippen LogP contribution is -2.37. The summed E-state index contributed by atoms with van der Waals surface area (Å²) in [4.78, 5) is 11.9. The van der Waals surface area contributed by atoms with E-state index in [9.17, 15) is 4.79 Å². The molecule has 0 aliphatic rings. The molecule has 0 spiro atoms. The Morgan fingerprint density at radius 3 is 2.54 bits per heavy atom. The summed E-state index contributed by atoms with van der Waals surface area (Å²) >= 11 is 8.51. The highest BCUT2D eigenvalue weighted by Gasteiger charge is 2.07. The van der Waals surface area contributed by atoms with Gasteiger partial charge in [0.05, 0.1) is 11.6 Å². The number of carbonyl (C=O) groups excluding carboxylic acids is 1. The van der Waals surface area contributed by atoms with Crippen molar-refractivity contribution in [3.8, 4) is 11.5 Å². The van der Waals surface area contributed by atoms with Gasteiger partial charge in [0.15, 0.2) is 11.7 Å². The van der Waals surface area contributed by atoms with Gasteiger partial charge < -0.3 is 14.8 Å². The first-order valence-electron chi connectivity index (χ1n) is 7.12. The smallest absolute Gasteiger partial charge is 0.264 e. The molecule has 24 heavy (non-hydrogen) atoms. The van der Waals surface area contributed by atoms with Gasteiger partial charge in [-0.15, -0.1) is 0 Å². The third-order valence-corrected chi connectivity index (χ3v) is 3.88. The quantitative estimate of drug-likeness (QED) is 0.739. The molecule has 2 aromatic rings. The fourth-order valence-corrected chi connectivity index (χ4v) is 2.62. The lowest BCUT2D eigenvalue weighted by molar-refractivity contribution is -0.121. The molecule has 2 rings (SSSR count). The average molecular weight is 409 g/mol. The topological polar surface area (TPSA) is 59.6 Å². The SMILES string of the molecule is COc1ccc(NC(=S)NC(=O)COc2ccc(C)cc2)cc1Br. The Morgan fingerprint density at radius 2 is 1.92 bits per heavy atom. The molecule has 0 aliphatic heterocycles. The largest absolute Gasteiger partial charge is 0.496 e. The van der Waals surface area contributed by atoms with Gasteiger partial charge in [0.25, 0.3) is 5.91 Å². The van der Waals surface area contributed by atoms with E-state index in [-0.39, 0.29) is 17.6 Å². The molecule has 0 saturated carbocycles. The summed E-state index contributed by atoms with van der Waals surface area (Å²) in [7, 11) is 1.59. The number of methoxy groups -OCH3 is 1. The predicted octanol–water partition coefficient (Wildman–Crippen LogP) is 3.66. The van der Waals surface area contributed by atoms with Crippen LogP contribution in [0.25, 0.3) is 0 Å². The van der Waals surface area contributed by atoms with Gasteiger partial charge in [-0.3, -0.25) is 10.1 Å². The Morgan fingerprint density at radius 1 is 1.21 bits per heavy atom. The molecular formula is C17H17BrN2O3S. The van der Waals surface area contributed by atoms with Crippen LogP contribution in [0.4, 0.5) is 5.69 Å². The third kappa shape index (κ3) is 5.50. The second kappa shape index (κ2) is 8.65. The number of thiocarbonyl (C=S) groups is 1.